The summed E-state index contributed by atoms with van der Waals surface area (Å²) in [6.45, 7) is 6.90. The third-order valence-electron chi connectivity index (χ3n) is 4.72. The van der Waals surface area contributed by atoms with E-state index in [9.17, 15) is 4.79 Å². The SMILES string of the molecule is CC(C)(C)C1CCC(NC(=O)Cc2c(Cl)cccc2Cl)CC1.O=C(O)O. The number of benzene rings is 1. The van der Waals surface area contributed by atoms with E-state index in [1.807, 2.05) is 0 Å². The van der Waals surface area contributed by atoms with Crippen molar-refractivity contribution in [3.63, 3.8) is 0 Å². The van der Waals surface area contributed by atoms with Gasteiger partial charge in [-0.15, -0.1) is 0 Å². The molecular weight excluding hydrogens is 377 g/mol. The van der Waals surface area contributed by atoms with Gasteiger partial charge in [0.15, 0.2) is 0 Å². The molecule has 26 heavy (non-hydrogen) atoms. The van der Waals surface area contributed by atoms with Crippen molar-refractivity contribution >= 4 is 35.3 Å². The van der Waals surface area contributed by atoms with Gasteiger partial charge in [0.2, 0.25) is 5.91 Å². The lowest BCUT2D eigenvalue weighted by molar-refractivity contribution is -0.121. The van der Waals surface area contributed by atoms with Gasteiger partial charge < -0.3 is 15.5 Å². The molecule has 0 atom stereocenters. The van der Waals surface area contributed by atoms with Crippen LogP contribution >= 0.6 is 23.2 Å². The van der Waals surface area contributed by atoms with E-state index >= 15 is 0 Å². The first-order valence-electron chi connectivity index (χ1n) is 8.64. The largest absolute Gasteiger partial charge is 0.503 e. The maximum Gasteiger partial charge on any atom is 0.503 e. The molecule has 0 bridgehead atoms. The lowest BCUT2D eigenvalue weighted by Crippen LogP contribution is -2.40. The molecule has 1 amide bonds. The molecule has 1 aromatic carbocycles. The van der Waals surface area contributed by atoms with Gasteiger partial charge in [-0.05, 0) is 54.7 Å². The summed E-state index contributed by atoms with van der Waals surface area (Å²) in [6, 6.07) is 5.61. The van der Waals surface area contributed by atoms with Gasteiger partial charge in [0.25, 0.3) is 0 Å². The van der Waals surface area contributed by atoms with Gasteiger partial charge in [-0.1, -0.05) is 50.0 Å². The molecule has 0 aromatic heterocycles. The molecule has 5 nitrogen and oxygen atoms in total. The Hall–Kier alpha value is -1.46. The van der Waals surface area contributed by atoms with Crippen LogP contribution in [0.2, 0.25) is 10.0 Å². The summed E-state index contributed by atoms with van der Waals surface area (Å²) in [5, 5.41) is 18.2. The summed E-state index contributed by atoms with van der Waals surface area (Å²) in [4.78, 5) is 20.8. The molecule has 2 rings (SSSR count). The molecule has 0 aliphatic heterocycles. The minimum Gasteiger partial charge on any atom is -0.450 e. The summed E-state index contributed by atoms with van der Waals surface area (Å²) in [5.74, 6) is 0.757. The summed E-state index contributed by atoms with van der Waals surface area (Å²) in [6.07, 6.45) is 2.90. The topological polar surface area (TPSA) is 86.6 Å². The van der Waals surface area contributed by atoms with Crippen molar-refractivity contribution in [2.24, 2.45) is 11.3 Å². The third-order valence-corrected chi connectivity index (χ3v) is 5.42. The summed E-state index contributed by atoms with van der Waals surface area (Å²) < 4.78 is 0. The Labute approximate surface area is 164 Å². The predicted octanol–water partition coefficient (Wildman–Crippen LogP) is 5.48. The van der Waals surface area contributed by atoms with Gasteiger partial charge in [0.1, 0.15) is 0 Å². The monoisotopic (exact) mass is 403 g/mol. The fraction of sp³-hybridized carbons (Fsp3) is 0.579. The quantitative estimate of drug-likeness (QED) is 0.623. The second-order valence-corrected chi connectivity index (χ2v) is 8.46. The van der Waals surface area contributed by atoms with E-state index in [0.717, 1.165) is 18.8 Å². The molecule has 1 saturated carbocycles. The average Bonchev–Trinajstić information content (AvgIpc) is 2.50. The molecule has 1 aliphatic carbocycles. The summed E-state index contributed by atoms with van der Waals surface area (Å²) in [7, 11) is 0. The molecule has 1 aliphatic rings. The van der Waals surface area contributed by atoms with Crippen LogP contribution in [0.1, 0.15) is 52.0 Å². The zero-order chi connectivity index (χ0) is 19.9. The summed E-state index contributed by atoms with van der Waals surface area (Å²) >= 11 is 12.2. The lowest BCUT2D eigenvalue weighted by atomic mass is 9.71. The second kappa shape index (κ2) is 10.0. The summed E-state index contributed by atoms with van der Waals surface area (Å²) in [5.41, 5.74) is 1.08. The average molecular weight is 404 g/mol. The number of hydrogen-bond donors (Lipinski definition) is 3. The molecule has 0 spiro atoms. The van der Waals surface area contributed by atoms with Crippen molar-refractivity contribution in [1.82, 2.24) is 5.32 Å². The number of carboxylic acid groups (broad SMARTS) is 2. The number of amides is 1. The van der Waals surface area contributed by atoms with Crippen LogP contribution in [0.25, 0.3) is 0 Å². The fourth-order valence-corrected chi connectivity index (χ4v) is 3.78. The number of carbonyl (C=O) groups excluding carboxylic acids is 1. The molecule has 0 saturated heterocycles. The maximum absolute atomic E-state index is 12.2. The predicted molar refractivity (Wildman–Crippen MR) is 104 cm³/mol. The van der Waals surface area contributed by atoms with E-state index in [2.05, 4.69) is 26.1 Å². The number of rotatable bonds is 3. The van der Waals surface area contributed by atoms with Crippen LogP contribution in [-0.4, -0.2) is 28.3 Å². The van der Waals surface area contributed by atoms with Gasteiger partial charge in [-0.2, -0.15) is 0 Å². The van der Waals surface area contributed by atoms with E-state index in [1.165, 1.54) is 12.8 Å². The molecular formula is C19H27Cl2NO4. The first-order chi connectivity index (χ1) is 12.0. The highest BCUT2D eigenvalue weighted by Crippen LogP contribution is 2.37. The minimum atomic E-state index is -1.83. The maximum atomic E-state index is 12.2. The highest BCUT2D eigenvalue weighted by molar-refractivity contribution is 6.36. The molecule has 0 unspecified atom stereocenters. The standard InChI is InChI=1S/C18H25Cl2NO.CH2O3/c1-18(2,3)12-7-9-13(10-8-12)21-17(22)11-14-15(19)5-4-6-16(14)20;2-1(3)4/h4-6,12-13H,7-11H2,1-3H3,(H,21,22);(H2,2,3,4). The first-order valence-corrected chi connectivity index (χ1v) is 9.40. The van der Waals surface area contributed by atoms with Crippen LogP contribution in [-0.2, 0) is 11.2 Å². The fourth-order valence-electron chi connectivity index (χ4n) is 3.24. The van der Waals surface area contributed by atoms with Crippen LogP contribution in [0.15, 0.2) is 18.2 Å². The van der Waals surface area contributed by atoms with E-state index in [-0.39, 0.29) is 18.4 Å². The van der Waals surface area contributed by atoms with Crippen LogP contribution < -0.4 is 5.32 Å². The second-order valence-electron chi connectivity index (χ2n) is 7.64. The zero-order valence-corrected chi connectivity index (χ0v) is 16.9. The molecule has 1 fully saturated rings. The Balaban J connectivity index is 0.000000765. The molecule has 3 N–H and O–H groups in total. The zero-order valence-electron chi connectivity index (χ0n) is 15.4. The van der Waals surface area contributed by atoms with Crippen LogP contribution in [0.3, 0.4) is 0 Å². The molecule has 0 radical (unpaired) electrons. The van der Waals surface area contributed by atoms with Gasteiger partial charge in [0.05, 0.1) is 6.42 Å². The van der Waals surface area contributed by atoms with Crippen molar-refractivity contribution in [3.8, 4) is 0 Å². The Kier molecular flexibility index (Phi) is 8.71. The lowest BCUT2D eigenvalue weighted by Gasteiger charge is -2.37. The van der Waals surface area contributed by atoms with E-state index in [0.29, 0.717) is 21.0 Å². The highest BCUT2D eigenvalue weighted by Gasteiger charge is 2.30. The first kappa shape index (κ1) is 22.6. The highest BCUT2D eigenvalue weighted by atomic mass is 35.5. The van der Waals surface area contributed by atoms with Gasteiger partial charge in [-0.25, -0.2) is 4.79 Å². The molecule has 146 valence electrons. The Bertz CT molecular complexity index is 596. The molecule has 1 aromatic rings. The molecule has 0 heterocycles. The number of carbonyl (C=O) groups is 2. The van der Waals surface area contributed by atoms with Crippen molar-refractivity contribution < 1.29 is 19.8 Å². The van der Waals surface area contributed by atoms with Crippen LogP contribution in [0, 0.1) is 11.3 Å². The van der Waals surface area contributed by atoms with E-state index in [1.54, 1.807) is 18.2 Å². The minimum absolute atomic E-state index is 0.00853. The third kappa shape index (κ3) is 7.83. The van der Waals surface area contributed by atoms with E-state index in [4.69, 9.17) is 38.2 Å². The number of nitrogens with one attached hydrogen (secondary N) is 1. The molecule has 7 heteroatoms. The van der Waals surface area contributed by atoms with Crippen LogP contribution in [0.5, 0.6) is 0 Å². The van der Waals surface area contributed by atoms with Crippen LogP contribution in [0.4, 0.5) is 4.79 Å². The number of halogens is 2. The van der Waals surface area contributed by atoms with E-state index < -0.39 is 6.16 Å². The van der Waals surface area contributed by atoms with Crippen molar-refractivity contribution in [3.05, 3.63) is 33.8 Å². The van der Waals surface area contributed by atoms with Crippen molar-refractivity contribution in [2.45, 2.75) is 58.9 Å². The number of hydrogen-bond acceptors (Lipinski definition) is 2. The Morgan fingerprint density at radius 1 is 1.08 bits per heavy atom. The van der Waals surface area contributed by atoms with Gasteiger partial charge >= 0.3 is 6.16 Å². The Morgan fingerprint density at radius 2 is 1.54 bits per heavy atom. The normalized spacial score (nSPS) is 19.9. The van der Waals surface area contributed by atoms with Crippen molar-refractivity contribution in [2.75, 3.05) is 0 Å². The van der Waals surface area contributed by atoms with Gasteiger partial charge in [0, 0.05) is 16.1 Å². The van der Waals surface area contributed by atoms with Crippen molar-refractivity contribution in [1.29, 1.82) is 0 Å². The smallest absolute Gasteiger partial charge is 0.450 e. The van der Waals surface area contributed by atoms with Gasteiger partial charge in [-0.3, -0.25) is 4.79 Å². The Morgan fingerprint density at radius 3 is 1.96 bits per heavy atom.